The van der Waals surface area contributed by atoms with Crippen LogP contribution in [0.25, 0.3) is 0 Å². The van der Waals surface area contributed by atoms with Crippen molar-refractivity contribution in [3.63, 3.8) is 0 Å². The fourth-order valence-corrected chi connectivity index (χ4v) is 2.30. The summed E-state index contributed by atoms with van der Waals surface area (Å²) < 4.78 is 0. The van der Waals surface area contributed by atoms with Crippen molar-refractivity contribution in [3.05, 3.63) is 29.8 Å². The molecule has 0 atom stereocenters. The van der Waals surface area contributed by atoms with E-state index in [-0.39, 0.29) is 0 Å². The first-order chi connectivity index (χ1) is 9.96. The Hall–Kier alpha value is -2.77. The Kier molecular flexibility index (Phi) is 3.70. The zero-order valence-corrected chi connectivity index (χ0v) is 12.0. The quantitative estimate of drug-likeness (QED) is 0.561. The lowest BCUT2D eigenvalue weighted by atomic mass is 10.0. The summed E-state index contributed by atoms with van der Waals surface area (Å²) in [6, 6.07) is 5.78. The summed E-state index contributed by atoms with van der Waals surface area (Å²) in [5.41, 5.74) is -0.508. The lowest BCUT2D eigenvalue weighted by Gasteiger charge is -2.30. The van der Waals surface area contributed by atoms with Gasteiger partial charge in [-0.3, -0.25) is 4.79 Å². The number of anilines is 1. The summed E-state index contributed by atoms with van der Waals surface area (Å²) in [5.74, 6) is -0.448. The van der Waals surface area contributed by atoms with E-state index in [1.165, 1.54) is 19.0 Å². The molecule has 0 aromatic heterocycles. The first-order valence-electron chi connectivity index (χ1n) is 6.33. The van der Waals surface area contributed by atoms with Crippen molar-refractivity contribution < 1.29 is 14.4 Å². The van der Waals surface area contributed by atoms with Crippen molar-refractivity contribution in [2.24, 2.45) is 0 Å². The van der Waals surface area contributed by atoms with E-state index in [1.54, 1.807) is 31.3 Å². The number of carbonyl (C=O) groups excluding carboxylic acids is 3. The van der Waals surface area contributed by atoms with Crippen LogP contribution in [0.2, 0.25) is 0 Å². The van der Waals surface area contributed by atoms with Gasteiger partial charge in [-0.05, 0) is 6.07 Å². The topological polar surface area (TPSA) is 103 Å². The van der Waals surface area contributed by atoms with E-state index in [9.17, 15) is 14.4 Å². The average Bonchev–Trinajstić information content (AvgIpc) is 2.70. The molecule has 2 rings (SSSR count). The third-order valence-corrected chi connectivity index (χ3v) is 3.35. The smallest absolute Gasteiger partial charge is 0.317 e. The second-order valence-electron chi connectivity index (χ2n) is 4.54. The van der Waals surface area contributed by atoms with Gasteiger partial charge in [-0.15, -0.1) is 0 Å². The monoisotopic (exact) mass is 291 g/mol. The van der Waals surface area contributed by atoms with Crippen LogP contribution in [0, 0.1) is 0 Å². The summed E-state index contributed by atoms with van der Waals surface area (Å²) in [6.45, 7) is 0. The van der Waals surface area contributed by atoms with E-state index < -0.39 is 23.6 Å². The number of fused-ring (bicyclic) bond motifs is 1. The maximum atomic E-state index is 12.6. The molecular weight excluding hydrogens is 274 g/mol. The summed E-state index contributed by atoms with van der Waals surface area (Å²) in [5, 5.41) is 9.82. The van der Waals surface area contributed by atoms with Crippen molar-refractivity contribution >= 4 is 23.7 Å². The van der Waals surface area contributed by atoms with Gasteiger partial charge in [-0.2, -0.15) is 0 Å². The highest BCUT2D eigenvalue weighted by molar-refractivity contribution is 6.10. The maximum Gasteiger partial charge on any atom is 0.317 e. The molecule has 0 fully saturated rings. The predicted molar refractivity (Wildman–Crippen MR) is 76.7 cm³/mol. The van der Waals surface area contributed by atoms with E-state index >= 15 is 0 Å². The fraction of sp³-hybridized carbons (Fsp3) is 0.308. The number of amides is 5. The molecule has 112 valence electrons. The Balaban J connectivity index is 2.56. The number of nitrogens with one attached hydrogen (secondary N) is 4. The number of para-hydroxylation sites is 1. The Morgan fingerprint density at radius 3 is 2.10 bits per heavy atom. The molecule has 1 aromatic rings. The van der Waals surface area contributed by atoms with E-state index in [0.29, 0.717) is 11.3 Å². The first-order valence-corrected chi connectivity index (χ1v) is 6.33. The molecule has 0 spiro atoms. The normalized spacial score (nSPS) is 15.2. The van der Waals surface area contributed by atoms with E-state index in [0.717, 1.165) is 0 Å². The summed E-state index contributed by atoms with van der Waals surface area (Å²) >= 11 is 0. The van der Waals surface area contributed by atoms with Crippen molar-refractivity contribution in [3.8, 4) is 0 Å². The summed E-state index contributed by atoms with van der Waals surface area (Å²) in [6.07, 6.45) is 0. The highest BCUT2D eigenvalue weighted by Crippen LogP contribution is 2.37. The molecular formula is C13H17N5O3. The van der Waals surface area contributed by atoms with Crippen LogP contribution in [-0.2, 0) is 10.5 Å². The standard InChI is InChI=1S/C13H17N5O3/c1-14-11(20)16-13(17-12(21)15-2)8-6-4-5-7-9(8)18(3)10(13)19/h4-7H,1-3H3,(H2,14,16,20)(H2,15,17,21). The van der Waals surface area contributed by atoms with Crippen LogP contribution in [-0.4, -0.2) is 39.1 Å². The molecule has 1 aliphatic rings. The van der Waals surface area contributed by atoms with Gasteiger partial charge in [0.2, 0.25) is 5.66 Å². The molecule has 21 heavy (non-hydrogen) atoms. The predicted octanol–water partition coefficient (Wildman–Crippen LogP) is -0.326. The second-order valence-corrected chi connectivity index (χ2v) is 4.54. The molecule has 0 unspecified atom stereocenters. The largest absolute Gasteiger partial charge is 0.341 e. The van der Waals surface area contributed by atoms with Gasteiger partial charge >= 0.3 is 12.1 Å². The molecule has 4 N–H and O–H groups in total. The molecule has 5 amide bonds. The van der Waals surface area contributed by atoms with E-state index in [2.05, 4.69) is 21.3 Å². The number of hydrogen-bond acceptors (Lipinski definition) is 3. The molecule has 0 aliphatic carbocycles. The first kappa shape index (κ1) is 14.6. The van der Waals surface area contributed by atoms with Crippen LogP contribution in [0.4, 0.5) is 15.3 Å². The average molecular weight is 291 g/mol. The number of urea groups is 2. The van der Waals surface area contributed by atoms with Crippen molar-refractivity contribution in [1.29, 1.82) is 0 Å². The zero-order valence-electron chi connectivity index (χ0n) is 12.0. The minimum atomic E-state index is -1.63. The molecule has 0 radical (unpaired) electrons. The van der Waals surface area contributed by atoms with Crippen LogP contribution < -0.4 is 26.2 Å². The summed E-state index contributed by atoms with van der Waals surface area (Å²) in [4.78, 5) is 37.5. The van der Waals surface area contributed by atoms with Crippen molar-refractivity contribution in [2.45, 2.75) is 5.66 Å². The zero-order chi connectivity index (χ0) is 15.6. The molecule has 8 heteroatoms. The third kappa shape index (κ3) is 2.24. The third-order valence-electron chi connectivity index (χ3n) is 3.35. The van der Waals surface area contributed by atoms with Crippen LogP contribution in [0.3, 0.4) is 0 Å². The number of rotatable bonds is 2. The van der Waals surface area contributed by atoms with E-state index in [4.69, 9.17) is 0 Å². The number of benzene rings is 1. The molecule has 0 bridgehead atoms. The number of likely N-dealkylation sites (N-methyl/N-ethyl adjacent to an activating group) is 1. The van der Waals surface area contributed by atoms with Gasteiger partial charge in [-0.25, -0.2) is 9.59 Å². The van der Waals surface area contributed by atoms with Gasteiger partial charge in [0, 0.05) is 26.7 Å². The minimum Gasteiger partial charge on any atom is -0.341 e. The lowest BCUT2D eigenvalue weighted by molar-refractivity contribution is -0.124. The molecule has 1 heterocycles. The van der Waals surface area contributed by atoms with Crippen LogP contribution in [0.5, 0.6) is 0 Å². The molecule has 1 aromatic carbocycles. The Morgan fingerprint density at radius 2 is 1.57 bits per heavy atom. The van der Waals surface area contributed by atoms with Gasteiger partial charge in [0.1, 0.15) is 0 Å². The number of hydrogen-bond donors (Lipinski definition) is 4. The Labute approximate surface area is 121 Å². The van der Waals surface area contributed by atoms with Gasteiger partial charge in [0.05, 0.1) is 5.69 Å². The summed E-state index contributed by atoms with van der Waals surface area (Å²) in [7, 11) is 4.44. The van der Waals surface area contributed by atoms with Gasteiger partial charge in [0.25, 0.3) is 5.91 Å². The molecule has 0 saturated carbocycles. The SMILES string of the molecule is CNC(=O)NC1(NC(=O)NC)C(=O)N(C)c2ccccc21. The Bertz CT molecular complexity index is 583. The highest BCUT2D eigenvalue weighted by Gasteiger charge is 2.52. The fourth-order valence-electron chi connectivity index (χ4n) is 2.30. The minimum absolute atomic E-state index is 0.448. The highest BCUT2D eigenvalue weighted by atomic mass is 16.2. The molecule has 8 nitrogen and oxygen atoms in total. The van der Waals surface area contributed by atoms with E-state index in [1.807, 2.05) is 0 Å². The van der Waals surface area contributed by atoms with Gasteiger partial charge in [0.15, 0.2) is 0 Å². The van der Waals surface area contributed by atoms with Crippen molar-refractivity contribution in [2.75, 3.05) is 26.0 Å². The van der Waals surface area contributed by atoms with Gasteiger partial charge < -0.3 is 26.2 Å². The van der Waals surface area contributed by atoms with Gasteiger partial charge in [-0.1, -0.05) is 18.2 Å². The maximum absolute atomic E-state index is 12.6. The molecule has 0 saturated heterocycles. The molecule has 1 aliphatic heterocycles. The van der Waals surface area contributed by atoms with Crippen LogP contribution in [0.1, 0.15) is 5.56 Å². The second kappa shape index (κ2) is 5.31. The van der Waals surface area contributed by atoms with Crippen LogP contribution >= 0.6 is 0 Å². The Morgan fingerprint density at radius 1 is 1.05 bits per heavy atom. The van der Waals surface area contributed by atoms with Crippen molar-refractivity contribution in [1.82, 2.24) is 21.3 Å². The van der Waals surface area contributed by atoms with Crippen LogP contribution in [0.15, 0.2) is 24.3 Å². The number of carbonyl (C=O) groups is 3. The lowest BCUT2D eigenvalue weighted by Crippen LogP contribution is -2.65. The number of nitrogens with zero attached hydrogens (tertiary/aromatic N) is 1.